The number of Topliss-reactive ketones (excluding diaryl/α,β-unsaturated/α-hetero) is 1. The summed E-state index contributed by atoms with van der Waals surface area (Å²) in [6.45, 7) is 3.89. The molecule has 0 aliphatic heterocycles. The molecule has 0 aliphatic rings. The Kier molecular flexibility index (Phi) is 5.91. The third-order valence-corrected chi connectivity index (χ3v) is 4.41. The maximum Gasteiger partial charge on any atom is 0.173 e. The van der Waals surface area contributed by atoms with Gasteiger partial charge in [0.15, 0.2) is 5.78 Å². The molecule has 0 unspecified atom stereocenters. The van der Waals surface area contributed by atoms with Crippen LogP contribution in [-0.4, -0.2) is 18.2 Å². The lowest BCUT2D eigenvalue weighted by molar-refractivity contribution is 0.102. The molecule has 116 valence electrons. The van der Waals surface area contributed by atoms with E-state index in [1.54, 1.807) is 7.11 Å². The number of ether oxygens (including phenoxy) is 1. The number of hydrogen-bond donors (Lipinski definition) is 0. The fraction of sp³-hybridized carbons (Fsp3) is 0.235. The van der Waals surface area contributed by atoms with Crippen LogP contribution < -0.4 is 8.92 Å². The van der Waals surface area contributed by atoms with E-state index < -0.39 is 0 Å². The number of carbonyl (C=O) groups is 1. The van der Waals surface area contributed by atoms with E-state index in [2.05, 4.69) is 15.9 Å². The highest BCUT2D eigenvalue weighted by molar-refractivity contribution is 9.09. The van der Waals surface area contributed by atoms with Crippen molar-refractivity contribution in [1.82, 2.24) is 0 Å². The predicted octanol–water partition coefficient (Wildman–Crippen LogP) is 4.98. The second-order valence-corrected chi connectivity index (χ2v) is 6.20. The number of ketones is 1. The molecule has 0 fully saturated rings. The number of methoxy groups -OCH3 is 1. The molecule has 0 N–H and O–H groups in total. The number of rotatable bonds is 6. The summed E-state index contributed by atoms with van der Waals surface area (Å²) in [6, 6.07) is 11.4. The van der Waals surface area contributed by atoms with Crippen molar-refractivity contribution < 1.29 is 13.7 Å². The van der Waals surface area contributed by atoms with Crippen LogP contribution in [0.1, 0.15) is 21.5 Å². The van der Waals surface area contributed by atoms with Crippen LogP contribution in [0.4, 0.5) is 0 Å². The van der Waals surface area contributed by atoms with Crippen LogP contribution in [0.3, 0.4) is 0 Å². The highest BCUT2D eigenvalue weighted by Gasteiger charge is 2.13. The standard InChI is InChI=1S/C17H17BrO3S/c1-11-8-15(9-12(2)17(11)16(19)10-18)22-21-14-6-4-13(20-3)5-7-14/h4-9H,10H2,1-3H3. The van der Waals surface area contributed by atoms with Gasteiger partial charge in [-0.25, -0.2) is 0 Å². The minimum atomic E-state index is 0.0997. The van der Waals surface area contributed by atoms with Gasteiger partial charge in [0.05, 0.1) is 24.5 Å². The molecule has 0 spiro atoms. The number of benzene rings is 2. The predicted molar refractivity (Wildman–Crippen MR) is 93.5 cm³/mol. The Balaban J connectivity index is 2.11. The molecule has 3 nitrogen and oxygen atoms in total. The van der Waals surface area contributed by atoms with Crippen molar-refractivity contribution in [1.29, 1.82) is 0 Å². The Bertz CT molecular complexity index is 645. The number of halogens is 1. The minimum Gasteiger partial charge on any atom is -0.497 e. The lowest BCUT2D eigenvalue weighted by Gasteiger charge is -2.11. The Morgan fingerprint density at radius 3 is 2.14 bits per heavy atom. The first kappa shape index (κ1) is 16.9. The van der Waals surface area contributed by atoms with Crippen molar-refractivity contribution in [3.8, 4) is 11.5 Å². The van der Waals surface area contributed by atoms with Crippen molar-refractivity contribution in [3.63, 3.8) is 0 Å². The highest BCUT2D eigenvalue weighted by atomic mass is 79.9. The largest absolute Gasteiger partial charge is 0.497 e. The van der Waals surface area contributed by atoms with E-state index in [1.807, 2.05) is 50.2 Å². The molecule has 0 saturated heterocycles. The van der Waals surface area contributed by atoms with Gasteiger partial charge < -0.3 is 8.92 Å². The van der Waals surface area contributed by atoms with Gasteiger partial charge in [-0.2, -0.15) is 0 Å². The monoisotopic (exact) mass is 380 g/mol. The zero-order valence-corrected chi connectivity index (χ0v) is 15.1. The topological polar surface area (TPSA) is 35.5 Å². The zero-order chi connectivity index (χ0) is 16.1. The maximum atomic E-state index is 11.9. The maximum absolute atomic E-state index is 11.9. The molecule has 2 aromatic carbocycles. The molecule has 2 aromatic rings. The van der Waals surface area contributed by atoms with Crippen molar-refractivity contribution in [2.24, 2.45) is 0 Å². The molecule has 0 atom stereocenters. The van der Waals surface area contributed by atoms with E-state index in [0.29, 0.717) is 5.33 Å². The SMILES string of the molecule is COc1ccc(OSc2cc(C)c(C(=O)CBr)c(C)c2)cc1. The van der Waals surface area contributed by atoms with E-state index in [-0.39, 0.29) is 5.78 Å². The number of carbonyl (C=O) groups excluding carboxylic acids is 1. The van der Waals surface area contributed by atoms with Crippen LogP contribution >= 0.6 is 28.0 Å². The summed E-state index contributed by atoms with van der Waals surface area (Å²) in [5, 5.41) is 0.337. The third kappa shape index (κ3) is 4.05. The summed E-state index contributed by atoms with van der Waals surface area (Å²) in [6.07, 6.45) is 0. The van der Waals surface area contributed by atoms with Crippen LogP contribution in [0.2, 0.25) is 0 Å². The minimum absolute atomic E-state index is 0.0997. The molecule has 0 bridgehead atoms. The fourth-order valence-electron chi connectivity index (χ4n) is 2.21. The Hall–Kier alpha value is -1.46. The second-order valence-electron chi connectivity index (χ2n) is 4.83. The quantitative estimate of drug-likeness (QED) is 0.402. The molecule has 0 heterocycles. The number of aryl methyl sites for hydroxylation is 2. The van der Waals surface area contributed by atoms with Gasteiger partial charge in [-0.05, 0) is 61.4 Å². The van der Waals surface area contributed by atoms with Crippen molar-refractivity contribution in [2.45, 2.75) is 18.7 Å². The molecule has 0 saturated carbocycles. The van der Waals surface area contributed by atoms with Gasteiger partial charge in [0.25, 0.3) is 0 Å². The average molecular weight is 381 g/mol. The van der Waals surface area contributed by atoms with E-state index in [0.717, 1.165) is 33.1 Å². The van der Waals surface area contributed by atoms with Crippen molar-refractivity contribution >= 4 is 33.8 Å². The van der Waals surface area contributed by atoms with Gasteiger partial charge in [0.2, 0.25) is 0 Å². The van der Waals surface area contributed by atoms with Gasteiger partial charge in [-0.1, -0.05) is 15.9 Å². The first-order chi connectivity index (χ1) is 10.5. The molecule has 0 radical (unpaired) electrons. The lowest BCUT2D eigenvalue weighted by Crippen LogP contribution is -2.05. The first-order valence-electron chi connectivity index (χ1n) is 6.74. The molecule has 0 aliphatic carbocycles. The summed E-state index contributed by atoms with van der Waals surface area (Å²) < 4.78 is 10.8. The summed E-state index contributed by atoms with van der Waals surface area (Å²) in [5.74, 6) is 1.64. The van der Waals surface area contributed by atoms with Gasteiger partial charge in [0.1, 0.15) is 11.5 Å². The second kappa shape index (κ2) is 7.70. The molecular weight excluding hydrogens is 364 g/mol. The van der Waals surface area contributed by atoms with Gasteiger partial charge in [0, 0.05) is 10.5 Å². The smallest absolute Gasteiger partial charge is 0.173 e. The average Bonchev–Trinajstić information content (AvgIpc) is 2.52. The first-order valence-corrected chi connectivity index (χ1v) is 8.60. The van der Waals surface area contributed by atoms with Gasteiger partial charge in [-0.15, -0.1) is 0 Å². The summed E-state index contributed by atoms with van der Waals surface area (Å²) in [5.41, 5.74) is 2.71. The Labute approximate surface area is 143 Å². The highest BCUT2D eigenvalue weighted by Crippen LogP contribution is 2.28. The van der Waals surface area contributed by atoms with E-state index in [9.17, 15) is 4.79 Å². The lowest BCUT2D eigenvalue weighted by atomic mass is 10.00. The van der Waals surface area contributed by atoms with Gasteiger partial charge in [-0.3, -0.25) is 4.79 Å². The van der Waals surface area contributed by atoms with Crippen LogP contribution in [0.5, 0.6) is 11.5 Å². The van der Waals surface area contributed by atoms with Crippen LogP contribution in [0.15, 0.2) is 41.3 Å². The summed E-state index contributed by atoms with van der Waals surface area (Å²) in [7, 11) is 1.63. The Morgan fingerprint density at radius 2 is 1.64 bits per heavy atom. The van der Waals surface area contributed by atoms with E-state index in [1.165, 1.54) is 12.0 Å². The van der Waals surface area contributed by atoms with Crippen LogP contribution in [0.25, 0.3) is 0 Å². The van der Waals surface area contributed by atoms with Crippen molar-refractivity contribution in [2.75, 3.05) is 12.4 Å². The molecule has 2 rings (SSSR count). The normalized spacial score (nSPS) is 10.4. The van der Waals surface area contributed by atoms with Crippen LogP contribution in [-0.2, 0) is 0 Å². The molecular formula is C17H17BrO3S. The van der Waals surface area contributed by atoms with Crippen molar-refractivity contribution in [3.05, 3.63) is 53.1 Å². The van der Waals surface area contributed by atoms with Crippen LogP contribution in [0, 0.1) is 13.8 Å². The Morgan fingerprint density at radius 1 is 1.09 bits per heavy atom. The molecule has 0 aromatic heterocycles. The summed E-state index contributed by atoms with van der Waals surface area (Å²) in [4.78, 5) is 12.9. The summed E-state index contributed by atoms with van der Waals surface area (Å²) >= 11 is 4.50. The molecule has 5 heteroatoms. The van der Waals surface area contributed by atoms with Gasteiger partial charge >= 0.3 is 0 Å². The third-order valence-electron chi connectivity index (χ3n) is 3.20. The molecule has 0 amide bonds. The number of alkyl halides is 1. The fourth-order valence-corrected chi connectivity index (χ4v) is 3.24. The zero-order valence-electron chi connectivity index (χ0n) is 12.7. The van der Waals surface area contributed by atoms with E-state index in [4.69, 9.17) is 8.92 Å². The number of hydrogen-bond acceptors (Lipinski definition) is 4. The van der Waals surface area contributed by atoms with E-state index >= 15 is 0 Å². The molecule has 22 heavy (non-hydrogen) atoms.